The summed E-state index contributed by atoms with van der Waals surface area (Å²) >= 11 is 0. The van der Waals surface area contributed by atoms with Crippen LogP contribution in [-0.4, -0.2) is 29.2 Å². The maximum atomic E-state index is 11.8. The zero-order valence-corrected chi connectivity index (χ0v) is 22.7. The van der Waals surface area contributed by atoms with Crippen LogP contribution in [0.5, 0.6) is 0 Å². The number of pyridine rings is 1. The van der Waals surface area contributed by atoms with E-state index >= 15 is 0 Å². The molecule has 0 amide bonds. The first-order valence-electron chi connectivity index (χ1n) is 13.2. The van der Waals surface area contributed by atoms with Gasteiger partial charge in [-0.05, 0) is 61.2 Å². The van der Waals surface area contributed by atoms with E-state index in [9.17, 15) is 8.42 Å². The first-order valence-corrected chi connectivity index (χ1v) is 15.1. The Labute approximate surface area is 233 Å². The Morgan fingerprint density at radius 2 is 1.65 bits per heavy atom. The van der Waals surface area contributed by atoms with Crippen molar-refractivity contribution in [2.45, 2.75) is 24.8 Å². The lowest BCUT2D eigenvalue weighted by Gasteiger charge is -2.38. The van der Waals surface area contributed by atoms with E-state index in [0.717, 1.165) is 82.2 Å². The Balaban J connectivity index is 1.47. The summed E-state index contributed by atoms with van der Waals surface area (Å²) in [6.07, 6.45) is 6.06. The van der Waals surface area contributed by atoms with E-state index < -0.39 is 10.0 Å². The number of fused-ring (bicyclic) bond motifs is 5. The summed E-state index contributed by atoms with van der Waals surface area (Å²) in [5.74, 6) is 1.52. The van der Waals surface area contributed by atoms with Gasteiger partial charge in [0.25, 0.3) is 0 Å². The molecule has 8 nitrogen and oxygen atoms in total. The van der Waals surface area contributed by atoms with E-state index in [1.165, 1.54) is 0 Å². The number of sulfonamides is 1. The summed E-state index contributed by atoms with van der Waals surface area (Å²) < 4.78 is 28.2. The third kappa shape index (κ3) is 4.14. The van der Waals surface area contributed by atoms with Gasteiger partial charge in [-0.1, -0.05) is 48.5 Å². The maximum Gasteiger partial charge on any atom is 0.229 e. The van der Waals surface area contributed by atoms with E-state index in [4.69, 9.17) is 10.7 Å². The number of nitrogens with one attached hydrogen (secondary N) is 2. The van der Waals surface area contributed by atoms with E-state index in [1.54, 1.807) is 18.3 Å². The second-order valence-electron chi connectivity index (χ2n) is 10.5. The summed E-state index contributed by atoms with van der Waals surface area (Å²) in [6.45, 7) is 0. The van der Waals surface area contributed by atoms with Crippen molar-refractivity contribution in [2.24, 2.45) is 5.73 Å². The fraction of sp³-hybridized carbons (Fsp3) is 0.161. The average molecular weight is 549 g/mol. The number of hydrogen-bond donors (Lipinski definition) is 3. The second-order valence-corrected chi connectivity index (χ2v) is 12.3. The van der Waals surface area contributed by atoms with Crippen LogP contribution >= 0.6 is 0 Å². The first-order chi connectivity index (χ1) is 19.3. The lowest BCUT2D eigenvalue weighted by Crippen LogP contribution is -2.43. The predicted molar refractivity (Wildman–Crippen MR) is 159 cm³/mol. The van der Waals surface area contributed by atoms with Gasteiger partial charge in [0.15, 0.2) is 5.82 Å². The highest BCUT2D eigenvalue weighted by Gasteiger charge is 2.34. The van der Waals surface area contributed by atoms with Crippen LogP contribution in [0, 0.1) is 0 Å². The molecule has 4 N–H and O–H groups in total. The predicted octanol–water partition coefficient (Wildman–Crippen LogP) is 6.03. The van der Waals surface area contributed by atoms with E-state index in [-0.39, 0.29) is 5.54 Å². The normalized spacial score (nSPS) is 15.1. The molecular formula is C31H28N6O2S. The highest BCUT2D eigenvalue weighted by Crippen LogP contribution is 2.45. The Kier molecular flexibility index (Phi) is 5.55. The third-order valence-corrected chi connectivity index (χ3v) is 8.37. The van der Waals surface area contributed by atoms with Crippen LogP contribution in [0.25, 0.3) is 39.6 Å². The number of aromatic nitrogens is 3. The quantitative estimate of drug-likeness (QED) is 0.242. The smallest absolute Gasteiger partial charge is 0.229 e. The summed E-state index contributed by atoms with van der Waals surface area (Å²) in [5.41, 5.74) is 14.3. The minimum Gasteiger partial charge on any atom is -0.338 e. The standard InChI is InChI=1S/C31H28N6O2S/c1-40(38,39)36-23-15-11-20(12-16-23)27-28(21-9-13-22(14-10-21)31(32)17-5-18-31)37-26-8-4-19-33-29(26)34-25-7-3-2-6-24(25)30(37)35-27/h2-4,6-16,19,36H,5,17-18,32H2,1H3,(H,33,34). The Hall–Kier alpha value is -4.47. The molecule has 0 bridgehead atoms. The molecule has 40 heavy (non-hydrogen) atoms. The van der Waals surface area contributed by atoms with Crippen molar-refractivity contribution in [3.05, 3.63) is 96.7 Å². The largest absolute Gasteiger partial charge is 0.338 e. The zero-order chi connectivity index (χ0) is 27.5. The summed E-state index contributed by atoms with van der Waals surface area (Å²) in [7, 11) is -3.39. The third-order valence-electron chi connectivity index (χ3n) is 7.77. The van der Waals surface area contributed by atoms with Gasteiger partial charge in [0.1, 0.15) is 5.82 Å². The number of nitrogens with zero attached hydrogens (tertiary/aromatic N) is 3. The van der Waals surface area contributed by atoms with E-state index in [1.807, 2.05) is 42.5 Å². The monoisotopic (exact) mass is 548 g/mol. The topological polar surface area (TPSA) is 115 Å². The number of hydrogen-bond acceptors (Lipinski definition) is 6. The molecule has 0 atom stereocenters. The Morgan fingerprint density at radius 1 is 0.925 bits per heavy atom. The Morgan fingerprint density at radius 3 is 2.35 bits per heavy atom. The van der Waals surface area contributed by atoms with Gasteiger partial charge >= 0.3 is 0 Å². The van der Waals surface area contributed by atoms with Crippen LogP contribution < -0.4 is 15.8 Å². The lowest BCUT2D eigenvalue weighted by molar-refractivity contribution is 0.253. The molecule has 3 heterocycles. The number of rotatable bonds is 5. The van der Waals surface area contributed by atoms with E-state index in [2.05, 4.69) is 49.9 Å². The molecule has 1 aliphatic carbocycles. The minimum absolute atomic E-state index is 0.252. The van der Waals surface area contributed by atoms with Crippen LogP contribution in [0.2, 0.25) is 0 Å². The van der Waals surface area contributed by atoms with Gasteiger partial charge in [-0.25, -0.2) is 18.4 Å². The molecule has 7 rings (SSSR count). The van der Waals surface area contributed by atoms with Crippen LogP contribution in [-0.2, 0) is 15.6 Å². The summed E-state index contributed by atoms with van der Waals surface area (Å²) in [4.78, 5) is 9.90. The number of imidazole rings is 1. The van der Waals surface area contributed by atoms with Crippen molar-refractivity contribution in [1.29, 1.82) is 0 Å². The molecule has 9 heteroatoms. The summed E-state index contributed by atoms with van der Waals surface area (Å²) in [5, 5.41) is 3.49. The van der Waals surface area contributed by atoms with Crippen LogP contribution in [0.1, 0.15) is 24.8 Å². The van der Waals surface area contributed by atoms with Crippen LogP contribution in [0.15, 0.2) is 91.1 Å². The van der Waals surface area contributed by atoms with Crippen LogP contribution in [0.4, 0.5) is 17.2 Å². The van der Waals surface area contributed by atoms with Gasteiger partial charge in [-0.15, -0.1) is 0 Å². The number of nitrogens with two attached hydrogens (primary N) is 1. The second kappa shape index (κ2) is 9.04. The fourth-order valence-corrected chi connectivity index (χ4v) is 6.17. The molecule has 2 aliphatic rings. The van der Waals surface area contributed by atoms with Crippen molar-refractivity contribution < 1.29 is 8.42 Å². The molecule has 0 spiro atoms. The van der Waals surface area contributed by atoms with Gasteiger partial charge in [0, 0.05) is 34.1 Å². The maximum absolute atomic E-state index is 11.8. The Bertz CT molecular complexity index is 1860. The fourth-order valence-electron chi connectivity index (χ4n) is 5.61. The van der Waals surface area contributed by atoms with Gasteiger partial charge in [-0.2, -0.15) is 0 Å². The van der Waals surface area contributed by atoms with Gasteiger partial charge in [0.2, 0.25) is 10.0 Å². The SMILES string of the molecule is CS(=O)(=O)Nc1ccc(-c2nc3n(c2-c2ccc(C4(N)CCC4)cc2)-c2cccnc2Nc2ccccc2-3)cc1. The molecule has 0 saturated heterocycles. The number of benzene rings is 3. The van der Waals surface area contributed by atoms with Gasteiger partial charge < -0.3 is 11.1 Å². The van der Waals surface area contributed by atoms with E-state index in [0.29, 0.717) is 5.69 Å². The van der Waals surface area contributed by atoms with Gasteiger partial charge in [0.05, 0.1) is 29.0 Å². The summed E-state index contributed by atoms with van der Waals surface area (Å²) in [6, 6.07) is 27.8. The van der Waals surface area contributed by atoms with Crippen LogP contribution in [0.3, 0.4) is 0 Å². The molecule has 0 unspecified atom stereocenters. The van der Waals surface area contributed by atoms with Crippen molar-refractivity contribution in [3.63, 3.8) is 0 Å². The molecule has 0 radical (unpaired) electrons. The molecule has 200 valence electrons. The highest BCUT2D eigenvalue weighted by atomic mass is 32.2. The van der Waals surface area contributed by atoms with Crippen molar-refractivity contribution in [1.82, 2.24) is 14.5 Å². The zero-order valence-electron chi connectivity index (χ0n) is 21.9. The molecule has 5 aromatic rings. The first kappa shape index (κ1) is 24.6. The van der Waals surface area contributed by atoms with Crippen molar-refractivity contribution in [2.75, 3.05) is 16.3 Å². The van der Waals surface area contributed by atoms with Gasteiger partial charge in [-0.3, -0.25) is 9.29 Å². The average Bonchev–Trinajstić information content (AvgIpc) is 3.26. The molecule has 1 fully saturated rings. The molecule has 2 aromatic heterocycles. The minimum atomic E-state index is -3.39. The molecule has 3 aromatic carbocycles. The lowest BCUT2D eigenvalue weighted by atomic mass is 9.72. The molecular weight excluding hydrogens is 520 g/mol. The van der Waals surface area contributed by atoms with Crippen molar-refractivity contribution in [3.8, 4) is 39.6 Å². The molecule has 1 saturated carbocycles. The molecule has 1 aliphatic heterocycles. The number of para-hydroxylation sites is 1. The highest BCUT2D eigenvalue weighted by molar-refractivity contribution is 7.92. The number of anilines is 3. The van der Waals surface area contributed by atoms with Crippen molar-refractivity contribution >= 4 is 27.2 Å².